The summed E-state index contributed by atoms with van der Waals surface area (Å²) >= 11 is 0. The predicted octanol–water partition coefficient (Wildman–Crippen LogP) is 4.10. The van der Waals surface area contributed by atoms with Crippen molar-refractivity contribution < 1.29 is 9.53 Å². The van der Waals surface area contributed by atoms with Gasteiger partial charge in [-0.05, 0) is 48.1 Å². The van der Waals surface area contributed by atoms with Gasteiger partial charge in [-0.15, -0.1) is 0 Å². The van der Waals surface area contributed by atoms with E-state index in [1.807, 2.05) is 24.4 Å². The van der Waals surface area contributed by atoms with Crippen molar-refractivity contribution in [1.82, 2.24) is 10.3 Å². The fourth-order valence-electron chi connectivity index (χ4n) is 4.05. The van der Waals surface area contributed by atoms with Crippen LogP contribution in [-0.4, -0.2) is 30.1 Å². The van der Waals surface area contributed by atoms with Crippen LogP contribution in [0.2, 0.25) is 0 Å². The lowest BCUT2D eigenvalue weighted by atomic mass is 9.93. The molecular weight excluding hydrogens is 360 g/mol. The number of fused-ring (bicyclic) bond motifs is 1. The molecule has 1 fully saturated rings. The third-order valence-corrected chi connectivity index (χ3v) is 5.84. The number of nitrogens with one attached hydrogen (secondary N) is 1. The van der Waals surface area contributed by atoms with E-state index < -0.39 is 0 Å². The Labute approximate surface area is 172 Å². The van der Waals surface area contributed by atoms with Crippen molar-refractivity contribution in [3.63, 3.8) is 0 Å². The molecule has 0 radical (unpaired) electrons. The lowest BCUT2D eigenvalue weighted by Gasteiger charge is -2.20. The number of carbonyl (C=O) groups is 1. The van der Waals surface area contributed by atoms with E-state index in [4.69, 9.17) is 4.74 Å². The van der Waals surface area contributed by atoms with E-state index >= 15 is 0 Å². The van der Waals surface area contributed by atoms with Crippen LogP contribution in [0.1, 0.15) is 30.0 Å². The molecule has 3 aromatic rings. The van der Waals surface area contributed by atoms with Crippen LogP contribution in [0.3, 0.4) is 0 Å². The number of pyridine rings is 1. The molecule has 0 bridgehead atoms. The number of para-hydroxylation sites is 1. The standard InChI is InChI=1S/C25H28N2O2/c1-2-18-7-9-19(10-8-18)11-12-25(28)27-24-17-29-16-21(24)15-20-13-14-26-23-6-4-3-5-22(20)23/h3-10,13-14,21,24H,2,11-12,15-17H2,1H3,(H,27,28)/t21-,24+/m1/s1. The van der Waals surface area contributed by atoms with Crippen molar-refractivity contribution in [2.75, 3.05) is 13.2 Å². The van der Waals surface area contributed by atoms with Gasteiger partial charge in [0.1, 0.15) is 0 Å². The van der Waals surface area contributed by atoms with E-state index in [-0.39, 0.29) is 17.9 Å². The van der Waals surface area contributed by atoms with Crippen LogP contribution in [-0.2, 0) is 28.8 Å². The van der Waals surface area contributed by atoms with Gasteiger partial charge in [0, 0.05) is 23.9 Å². The fraction of sp³-hybridized carbons (Fsp3) is 0.360. The van der Waals surface area contributed by atoms with Gasteiger partial charge < -0.3 is 10.1 Å². The number of ether oxygens (including phenoxy) is 1. The van der Waals surface area contributed by atoms with Gasteiger partial charge in [-0.2, -0.15) is 0 Å². The van der Waals surface area contributed by atoms with Gasteiger partial charge in [0.25, 0.3) is 0 Å². The SMILES string of the molecule is CCc1ccc(CCC(=O)N[C@H]2COC[C@H]2Cc2ccnc3ccccc23)cc1. The number of hydrogen-bond donors (Lipinski definition) is 1. The van der Waals surface area contributed by atoms with Gasteiger partial charge in [-0.3, -0.25) is 9.78 Å². The molecule has 4 rings (SSSR count). The predicted molar refractivity (Wildman–Crippen MR) is 116 cm³/mol. The highest BCUT2D eigenvalue weighted by atomic mass is 16.5. The van der Waals surface area contributed by atoms with Crippen LogP contribution in [0.25, 0.3) is 10.9 Å². The van der Waals surface area contributed by atoms with E-state index in [1.54, 1.807) is 0 Å². The highest BCUT2D eigenvalue weighted by Gasteiger charge is 2.30. The zero-order valence-electron chi connectivity index (χ0n) is 16.9. The van der Waals surface area contributed by atoms with Crippen LogP contribution in [0.5, 0.6) is 0 Å². The maximum absolute atomic E-state index is 12.5. The fourth-order valence-corrected chi connectivity index (χ4v) is 4.05. The Morgan fingerprint density at radius 2 is 1.86 bits per heavy atom. The van der Waals surface area contributed by atoms with Gasteiger partial charge >= 0.3 is 0 Å². The normalized spacial score (nSPS) is 18.8. The summed E-state index contributed by atoms with van der Waals surface area (Å²) in [5.74, 6) is 0.387. The monoisotopic (exact) mass is 388 g/mol. The minimum absolute atomic E-state index is 0.0666. The summed E-state index contributed by atoms with van der Waals surface area (Å²) in [4.78, 5) is 17.0. The summed E-state index contributed by atoms with van der Waals surface area (Å²) in [7, 11) is 0. The molecule has 0 unspecified atom stereocenters. The number of hydrogen-bond acceptors (Lipinski definition) is 3. The number of carbonyl (C=O) groups excluding carboxylic acids is 1. The number of aryl methyl sites for hydroxylation is 2. The Hall–Kier alpha value is -2.72. The van der Waals surface area contributed by atoms with Crippen molar-refractivity contribution in [3.05, 3.63) is 77.5 Å². The molecule has 0 spiro atoms. The van der Waals surface area contributed by atoms with Crippen molar-refractivity contribution in [3.8, 4) is 0 Å². The number of amides is 1. The summed E-state index contributed by atoms with van der Waals surface area (Å²) in [6.45, 7) is 3.42. The first-order valence-corrected chi connectivity index (χ1v) is 10.5. The van der Waals surface area contributed by atoms with Crippen molar-refractivity contribution in [1.29, 1.82) is 0 Å². The van der Waals surface area contributed by atoms with Crippen LogP contribution >= 0.6 is 0 Å². The van der Waals surface area contributed by atoms with Crippen molar-refractivity contribution in [2.45, 2.75) is 38.6 Å². The second-order valence-electron chi connectivity index (χ2n) is 7.83. The largest absolute Gasteiger partial charge is 0.379 e. The van der Waals surface area contributed by atoms with Gasteiger partial charge in [0.2, 0.25) is 5.91 Å². The van der Waals surface area contributed by atoms with Crippen molar-refractivity contribution >= 4 is 16.8 Å². The molecular formula is C25H28N2O2. The number of rotatable bonds is 7. The Bertz CT molecular complexity index is 963. The molecule has 150 valence electrons. The van der Waals surface area contributed by atoms with Crippen molar-refractivity contribution in [2.24, 2.45) is 5.92 Å². The molecule has 1 aromatic heterocycles. The summed E-state index contributed by atoms with van der Waals surface area (Å²) < 4.78 is 5.71. The second-order valence-corrected chi connectivity index (χ2v) is 7.83. The van der Waals surface area contributed by atoms with E-state index in [1.165, 1.54) is 22.1 Å². The molecule has 4 heteroatoms. The van der Waals surface area contributed by atoms with E-state index in [9.17, 15) is 4.79 Å². The average Bonchev–Trinajstić information content (AvgIpc) is 3.19. The highest BCUT2D eigenvalue weighted by molar-refractivity contribution is 5.82. The van der Waals surface area contributed by atoms with Crippen LogP contribution in [0.15, 0.2) is 60.8 Å². The zero-order chi connectivity index (χ0) is 20.1. The van der Waals surface area contributed by atoms with E-state index in [0.717, 1.165) is 24.8 Å². The molecule has 1 aliphatic heterocycles. The van der Waals surface area contributed by atoms with Crippen LogP contribution in [0.4, 0.5) is 0 Å². The van der Waals surface area contributed by atoms with Gasteiger partial charge in [-0.25, -0.2) is 0 Å². The first-order valence-electron chi connectivity index (χ1n) is 10.5. The van der Waals surface area contributed by atoms with Gasteiger partial charge in [0.15, 0.2) is 0 Å². The Morgan fingerprint density at radius 1 is 1.07 bits per heavy atom. The summed E-state index contributed by atoms with van der Waals surface area (Å²) in [5.41, 5.74) is 4.81. The molecule has 0 saturated carbocycles. The van der Waals surface area contributed by atoms with Gasteiger partial charge in [-0.1, -0.05) is 49.4 Å². The molecule has 1 N–H and O–H groups in total. The Balaban J connectivity index is 1.35. The maximum atomic E-state index is 12.5. The number of benzene rings is 2. The Morgan fingerprint density at radius 3 is 2.69 bits per heavy atom. The first-order chi connectivity index (χ1) is 14.2. The molecule has 0 aliphatic carbocycles. The smallest absolute Gasteiger partial charge is 0.220 e. The van der Waals surface area contributed by atoms with Crippen LogP contribution < -0.4 is 5.32 Å². The molecule has 2 heterocycles. The molecule has 2 atom stereocenters. The van der Waals surface area contributed by atoms with Gasteiger partial charge in [0.05, 0.1) is 24.8 Å². The lowest BCUT2D eigenvalue weighted by Crippen LogP contribution is -2.40. The quantitative estimate of drug-likeness (QED) is 0.663. The Kier molecular flexibility index (Phi) is 6.20. The highest BCUT2D eigenvalue weighted by Crippen LogP contribution is 2.24. The van der Waals surface area contributed by atoms with E-state index in [0.29, 0.717) is 19.6 Å². The minimum Gasteiger partial charge on any atom is -0.379 e. The molecule has 1 saturated heterocycles. The van der Waals surface area contributed by atoms with Crippen LogP contribution in [0, 0.1) is 5.92 Å². The minimum atomic E-state index is 0.0666. The zero-order valence-corrected chi connectivity index (χ0v) is 16.9. The molecule has 2 aromatic carbocycles. The molecule has 29 heavy (non-hydrogen) atoms. The summed E-state index contributed by atoms with van der Waals surface area (Å²) in [5, 5.41) is 4.39. The number of nitrogens with zero attached hydrogens (tertiary/aromatic N) is 1. The second kappa shape index (κ2) is 9.19. The summed E-state index contributed by atoms with van der Waals surface area (Å²) in [6, 6.07) is 18.9. The lowest BCUT2D eigenvalue weighted by molar-refractivity contribution is -0.122. The topological polar surface area (TPSA) is 51.2 Å². The average molecular weight is 389 g/mol. The molecule has 4 nitrogen and oxygen atoms in total. The third-order valence-electron chi connectivity index (χ3n) is 5.84. The maximum Gasteiger partial charge on any atom is 0.220 e. The molecule has 1 amide bonds. The summed E-state index contributed by atoms with van der Waals surface area (Å²) in [6.07, 6.45) is 5.06. The van der Waals surface area contributed by atoms with E-state index in [2.05, 4.69) is 53.6 Å². The molecule has 1 aliphatic rings. The first kappa shape index (κ1) is 19.6. The number of aromatic nitrogens is 1. The third kappa shape index (κ3) is 4.83.